The molecule has 1 aromatic carbocycles. The normalized spacial score (nSPS) is 11.7. The molecule has 2 rings (SSSR count). The Bertz CT molecular complexity index is 636. The van der Waals surface area contributed by atoms with Crippen molar-refractivity contribution >= 4 is 11.6 Å². The molecule has 1 unspecified atom stereocenters. The molecule has 0 saturated carbocycles. The lowest BCUT2D eigenvalue weighted by atomic mass is 10.1. The molecule has 1 N–H and O–H groups in total. The molecule has 0 spiro atoms. The molecular formula is C14H11ClN2O2. The summed E-state index contributed by atoms with van der Waals surface area (Å²) in [7, 11) is 0. The third kappa shape index (κ3) is 3.22. The molecule has 4 nitrogen and oxygen atoms in total. The monoisotopic (exact) mass is 274 g/mol. The quantitative estimate of drug-likeness (QED) is 0.931. The van der Waals surface area contributed by atoms with E-state index < -0.39 is 6.10 Å². The van der Waals surface area contributed by atoms with Crippen LogP contribution in [0, 0.1) is 11.3 Å². The maximum Gasteiger partial charge on any atom is 0.147 e. The summed E-state index contributed by atoms with van der Waals surface area (Å²) in [6.45, 7) is 1.63. The van der Waals surface area contributed by atoms with Crippen molar-refractivity contribution in [2.24, 2.45) is 0 Å². The lowest BCUT2D eigenvalue weighted by molar-refractivity contribution is 0.195. The Kier molecular flexibility index (Phi) is 4.00. The molecule has 1 heterocycles. The number of nitriles is 1. The first kappa shape index (κ1) is 13.3. The van der Waals surface area contributed by atoms with Gasteiger partial charge >= 0.3 is 0 Å². The number of hydrogen-bond acceptors (Lipinski definition) is 4. The number of nitrogens with zero attached hydrogens (tertiary/aromatic N) is 2. The molecular weight excluding hydrogens is 264 g/mol. The maximum absolute atomic E-state index is 9.70. The van der Waals surface area contributed by atoms with Gasteiger partial charge in [0.2, 0.25) is 0 Å². The average molecular weight is 275 g/mol. The van der Waals surface area contributed by atoms with Crippen molar-refractivity contribution in [3.8, 4) is 17.6 Å². The first-order valence-electron chi connectivity index (χ1n) is 5.60. The third-order valence-electron chi connectivity index (χ3n) is 2.50. The highest BCUT2D eigenvalue weighted by Crippen LogP contribution is 2.31. The van der Waals surface area contributed by atoms with Gasteiger partial charge in [0.05, 0.1) is 29.0 Å². The topological polar surface area (TPSA) is 66.1 Å². The zero-order valence-electron chi connectivity index (χ0n) is 10.2. The van der Waals surface area contributed by atoms with Crippen LogP contribution in [-0.2, 0) is 0 Å². The van der Waals surface area contributed by atoms with Crippen LogP contribution in [0.2, 0.25) is 5.02 Å². The van der Waals surface area contributed by atoms with Crippen molar-refractivity contribution < 1.29 is 9.84 Å². The Balaban J connectivity index is 2.40. The zero-order chi connectivity index (χ0) is 13.8. The Hall–Kier alpha value is -2.09. The molecule has 0 aliphatic carbocycles. The summed E-state index contributed by atoms with van der Waals surface area (Å²) in [6, 6.07) is 8.50. The minimum absolute atomic E-state index is 0.415. The van der Waals surface area contributed by atoms with Crippen LogP contribution >= 0.6 is 11.6 Å². The molecule has 1 aromatic heterocycles. The van der Waals surface area contributed by atoms with Crippen molar-refractivity contribution in [3.05, 3.63) is 52.8 Å². The third-order valence-corrected chi connectivity index (χ3v) is 2.71. The van der Waals surface area contributed by atoms with Gasteiger partial charge in [-0.3, -0.25) is 4.98 Å². The molecule has 0 bridgehead atoms. The van der Waals surface area contributed by atoms with Gasteiger partial charge < -0.3 is 9.84 Å². The van der Waals surface area contributed by atoms with Gasteiger partial charge in [0.15, 0.2) is 0 Å². The number of halogens is 1. The maximum atomic E-state index is 9.70. The van der Waals surface area contributed by atoms with E-state index in [-0.39, 0.29) is 0 Å². The second kappa shape index (κ2) is 5.70. The molecule has 2 aromatic rings. The zero-order valence-corrected chi connectivity index (χ0v) is 10.9. The SMILES string of the molecule is CC(O)c1ccc(C#N)cc1Oc1cncc(Cl)c1. The lowest BCUT2D eigenvalue weighted by Gasteiger charge is -2.13. The largest absolute Gasteiger partial charge is 0.455 e. The molecule has 5 heteroatoms. The van der Waals surface area contributed by atoms with Crippen LogP contribution in [-0.4, -0.2) is 10.1 Å². The molecule has 0 amide bonds. The molecule has 0 fully saturated rings. The van der Waals surface area contributed by atoms with E-state index in [0.29, 0.717) is 27.6 Å². The van der Waals surface area contributed by atoms with E-state index >= 15 is 0 Å². The molecule has 0 aliphatic heterocycles. The number of benzene rings is 1. The van der Waals surface area contributed by atoms with E-state index in [0.717, 1.165) is 0 Å². The lowest BCUT2D eigenvalue weighted by Crippen LogP contribution is -1.97. The van der Waals surface area contributed by atoms with E-state index in [4.69, 9.17) is 21.6 Å². The first-order valence-corrected chi connectivity index (χ1v) is 5.98. The van der Waals surface area contributed by atoms with Crippen molar-refractivity contribution in [3.63, 3.8) is 0 Å². The van der Waals surface area contributed by atoms with Crippen LogP contribution in [0.5, 0.6) is 11.5 Å². The molecule has 96 valence electrons. The van der Waals surface area contributed by atoms with Gasteiger partial charge in [0.1, 0.15) is 11.5 Å². The highest BCUT2D eigenvalue weighted by atomic mass is 35.5. The van der Waals surface area contributed by atoms with Crippen LogP contribution in [0.15, 0.2) is 36.7 Å². The fraction of sp³-hybridized carbons (Fsp3) is 0.143. The Morgan fingerprint density at radius 3 is 2.79 bits per heavy atom. The highest BCUT2D eigenvalue weighted by Gasteiger charge is 2.11. The fourth-order valence-corrected chi connectivity index (χ4v) is 1.78. The van der Waals surface area contributed by atoms with Crippen molar-refractivity contribution in [1.29, 1.82) is 5.26 Å². The van der Waals surface area contributed by atoms with Crippen LogP contribution in [0.25, 0.3) is 0 Å². The van der Waals surface area contributed by atoms with E-state index in [2.05, 4.69) is 4.98 Å². The van der Waals surface area contributed by atoms with E-state index in [1.54, 1.807) is 31.2 Å². The Labute approximate surface area is 115 Å². The van der Waals surface area contributed by atoms with Crippen LogP contribution < -0.4 is 4.74 Å². The predicted molar refractivity (Wildman–Crippen MR) is 71.1 cm³/mol. The summed E-state index contributed by atoms with van der Waals surface area (Å²) in [6.07, 6.45) is 2.31. The van der Waals surface area contributed by atoms with Gasteiger partial charge in [-0.25, -0.2) is 0 Å². The Morgan fingerprint density at radius 1 is 1.37 bits per heavy atom. The molecule has 1 atom stereocenters. The summed E-state index contributed by atoms with van der Waals surface area (Å²) in [5.74, 6) is 0.864. The van der Waals surface area contributed by atoms with E-state index in [1.165, 1.54) is 12.4 Å². The number of ether oxygens (including phenoxy) is 1. The van der Waals surface area contributed by atoms with Crippen LogP contribution in [0.3, 0.4) is 0 Å². The summed E-state index contributed by atoms with van der Waals surface area (Å²) in [4.78, 5) is 3.91. The minimum atomic E-state index is -0.699. The van der Waals surface area contributed by atoms with Crippen molar-refractivity contribution in [2.45, 2.75) is 13.0 Å². The van der Waals surface area contributed by atoms with Gasteiger partial charge in [0, 0.05) is 17.8 Å². The number of pyridine rings is 1. The molecule has 0 aliphatic rings. The summed E-state index contributed by atoms with van der Waals surface area (Å²) in [5.41, 5.74) is 1.05. The molecule has 0 radical (unpaired) electrons. The second-order valence-electron chi connectivity index (χ2n) is 3.98. The second-order valence-corrected chi connectivity index (χ2v) is 4.42. The van der Waals surface area contributed by atoms with Gasteiger partial charge in [-0.2, -0.15) is 5.26 Å². The summed E-state index contributed by atoms with van der Waals surface area (Å²) < 4.78 is 5.64. The van der Waals surface area contributed by atoms with Gasteiger partial charge in [-0.15, -0.1) is 0 Å². The number of rotatable bonds is 3. The van der Waals surface area contributed by atoms with Crippen molar-refractivity contribution in [1.82, 2.24) is 4.98 Å². The first-order chi connectivity index (χ1) is 9.10. The van der Waals surface area contributed by atoms with Gasteiger partial charge in [0.25, 0.3) is 0 Å². The molecule has 0 saturated heterocycles. The van der Waals surface area contributed by atoms with Crippen molar-refractivity contribution in [2.75, 3.05) is 0 Å². The fourth-order valence-electron chi connectivity index (χ4n) is 1.61. The highest BCUT2D eigenvalue weighted by molar-refractivity contribution is 6.30. The Morgan fingerprint density at radius 2 is 2.16 bits per heavy atom. The van der Waals surface area contributed by atoms with E-state index in [1.807, 2.05) is 6.07 Å². The van der Waals surface area contributed by atoms with Gasteiger partial charge in [-0.05, 0) is 19.1 Å². The van der Waals surface area contributed by atoms with Crippen LogP contribution in [0.1, 0.15) is 24.2 Å². The minimum Gasteiger partial charge on any atom is -0.455 e. The summed E-state index contributed by atoms with van der Waals surface area (Å²) >= 11 is 5.83. The standard InChI is InChI=1S/C14H11ClN2O2/c1-9(18)13-3-2-10(6-16)4-14(13)19-12-5-11(15)7-17-8-12/h2-5,7-9,18H,1H3. The van der Waals surface area contributed by atoms with Gasteiger partial charge in [-0.1, -0.05) is 17.7 Å². The average Bonchev–Trinajstić information content (AvgIpc) is 2.38. The number of hydrogen-bond donors (Lipinski definition) is 1. The molecule has 19 heavy (non-hydrogen) atoms. The predicted octanol–water partition coefficient (Wildman–Crippen LogP) is 3.45. The summed E-state index contributed by atoms with van der Waals surface area (Å²) in [5, 5.41) is 19.0. The smallest absolute Gasteiger partial charge is 0.147 e. The van der Waals surface area contributed by atoms with Crippen LogP contribution in [0.4, 0.5) is 0 Å². The number of aliphatic hydroxyl groups is 1. The number of aromatic nitrogens is 1. The van der Waals surface area contributed by atoms with E-state index in [9.17, 15) is 5.11 Å². The number of aliphatic hydroxyl groups excluding tert-OH is 1.